The molecule has 4 rings (SSSR count). The second-order valence-electron chi connectivity index (χ2n) is 8.83. The molecule has 3 N–H and O–H groups in total. The fraction of sp³-hybridized carbons (Fsp3) is 0.357. The van der Waals surface area contributed by atoms with Crippen LogP contribution in [-0.2, 0) is 11.2 Å². The Bertz CT molecular complexity index is 1190. The molecule has 3 aromatic rings. The number of carbonyl (C=O) groups excluding carboxylic acids is 2. The highest BCUT2D eigenvalue weighted by Gasteiger charge is 2.13. The molecule has 0 atom stereocenters. The third-order valence-electron chi connectivity index (χ3n) is 6.37. The number of nitrogens with zero attached hydrogens (tertiary/aromatic N) is 1. The van der Waals surface area contributed by atoms with Gasteiger partial charge in [0.2, 0.25) is 0 Å². The van der Waals surface area contributed by atoms with E-state index < -0.39 is 12.2 Å². The van der Waals surface area contributed by atoms with Crippen molar-refractivity contribution in [3.8, 4) is 5.75 Å². The highest BCUT2D eigenvalue weighted by molar-refractivity contribution is 5.85. The number of ether oxygens (including phenoxy) is 2. The molecule has 36 heavy (non-hydrogen) atoms. The summed E-state index contributed by atoms with van der Waals surface area (Å²) in [5.41, 5.74) is 5.04. The van der Waals surface area contributed by atoms with Crippen LogP contribution in [0.2, 0.25) is 0 Å². The van der Waals surface area contributed by atoms with Gasteiger partial charge in [-0.2, -0.15) is 0 Å². The predicted octanol–water partition coefficient (Wildman–Crippen LogP) is 4.72. The average Bonchev–Trinajstić information content (AvgIpc) is 3.32. The third-order valence-corrected chi connectivity index (χ3v) is 6.37. The summed E-state index contributed by atoms with van der Waals surface area (Å²) in [5, 5.41) is 5.98. The summed E-state index contributed by atoms with van der Waals surface area (Å²) >= 11 is 0. The number of benzene rings is 2. The topological polar surface area (TPSA) is 95.7 Å². The number of carbonyl (C=O) groups is 2. The Morgan fingerprint density at radius 1 is 1.08 bits per heavy atom. The van der Waals surface area contributed by atoms with Gasteiger partial charge in [0, 0.05) is 37.2 Å². The van der Waals surface area contributed by atoms with E-state index in [1.807, 2.05) is 18.3 Å². The molecule has 0 bridgehead atoms. The van der Waals surface area contributed by atoms with Gasteiger partial charge in [0.1, 0.15) is 12.4 Å². The lowest BCUT2D eigenvalue weighted by atomic mass is 9.99. The maximum atomic E-state index is 12.0. The van der Waals surface area contributed by atoms with E-state index in [9.17, 15) is 9.59 Å². The van der Waals surface area contributed by atoms with Crippen LogP contribution in [0.4, 0.5) is 9.59 Å². The summed E-state index contributed by atoms with van der Waals surface area (Å²) in [5.74, 6) is 0.474. The molecular formula is C28H34N4O4. The maximum absolute atomic E-state index is 12.0. The van der Waals surface area contributed by atoms with Gasteiger partial charge in [-0.15, -0.1) is 0 Å². The van der Waals surface area contributed by atoms with Crippen molar-refractivity contribution < 1.29 is 19.1 Å². The molecule has 1 aromatic heterocycles. The van der Waals surface area contributed by atoms with E-state index in [1.165, 1.54) is 23.7 Å². The zero-order valence-corrected chi connectivity index (χ0v) is 20.7. The first-order chi connectivity index (χ1) is 17.6. The largest absolute Gasteiger partial charge is 0.448 e. The van der Waals surface area contributed by atoms with Gasteiger partial charge < -0.3 is 25.1 Å². The first-order valence-corrected chi connectivity index (χ1v) is 12.5. The van der Waals surface area contributed by atoms with Gasteiger partial charge in [0.05, 0.1) is 6.54 Å². The zero-order chi connectivity index (χ0) is 25.2. The fourth-order valence-corrected chi connectivity index (χ4v) is 4.42. The Hall–Kier alpha value is -3.78. The summed E-state index contributed by atoms with van der Waals surface area (Å²) in [7, 11) is 1.48. The number of rotatable bonds is 10. The average molecular weight is 491 g/mol. The van der Waals surface area contributed by atoms with Crippen molar-refractivity contribution in [1.82, 2.24) is 20.5 Å². The van der Waals surface area contributed by atoms with Crippen molar-refractivity contribution in [2.75, 3.05) is 39.8 Å². The van der Waals surface area contributed by atoms with Crippen LogP contribution >= 0.6 is 0 Å². The van der Waals surface area contributed by atoms with Crippen molar-refractivity contribution in [3.63, 3.8) is 0 Å². The van der Waals surface area contributed by atoms with Crippen LogP contribution in [0, 0.1) is 0 Å². The number of hydrogen-bond donors (Lipinski definition) is 3. The van der Waals surface area contributed by atoms with Crippen LogP contribution in [-0.4, -0.2) is 61.9 Å². The van der Waals surface area contributed by atoms with Crippen LogP contribution in [0.15, 0.2) is 60.8 Å². The Morgan fingerprint density at radius 2 is 1.94 bits per heavy atom. The first-order valence-electron chi connectivity index (χ1n) is 12.5. The number of hydrogen-bond acceptors (Lipinski definition) is 5. The van der Waals surface area contributed by atoms with E-state index in [4.69, 9.17) is 9.47 Å². The summed E-state index contributed by atoms with van der Waals surface area (Å²) in [6, 6.07) is 16.2. The molecule has 2 aromatic carbocycles. The number of aromatic nitrogens is 1. The first kappa shape index (κ1) is 25.3. The number of fused-ring (bicyclic) bond motifs is 1. The molecule has 0 fully saturated rings. The van der Waals surface area contributed by atoms with Gasteiger partial charge in [-0.25, -0.2) is 9.59 Å². The zero-order valence-electron chi connectivity index (χ0n) is 20.7. The molecule has 190 valence electrons. The summed E-state index contributed by atoms with van der Waals surface area (Å²) in [4.78, 5) is 28.9. The number of H-pyrrole nitrogens is 1. The molecule has 0 saturated carbocycles. The summed E-state index contributed by atoms with van der Waals surface area (Å²) in [6.45, 7) is 3.45. The van der Waals surface area contributed by atoms with E-state index in [1.54, 1.807) is 6.07 Å². The minimum absolute atomic E-state index is 0.0671. The van der Waals surface area contributed by atoms with Crippen molar-refractivity contribution in [2.45, 2.75) is 25.7 Å². The number of unbranched alkanes of at least 4 members (excludes halogenated alkanes) is 1. The molecule has 1 aliphatic heterocycles. The molecule has 0 spiro atoms. The number of aryl methyl sites for hydroxylation is 1. The molecule has 0 unspecified atom stereocenters. The second-order valence-corrected chi connectivity index (χ2v) is 8.83. The van der Waals surface area contributed by atoms with Crippen molar-refractivity contribution in [1.29, 1.82) is 0 Å². The molecule has 2 amide bonds. The maximum Gasteiger partial charge on any atom is 0.412 e. The van der Waals surface area contributed by atoms with E-state index in [0.29, 0.717) is 5.75 Å². The van der Waals surface area contributed by atoms with Crippen molar-refractivity contribution in [3.05, 3.63) is 71.9 Å². The predicted molar refractivity (Wildman–Crippen MR) is 141 cm³/mol. The second kappa shape index (κ2) is 12.8. The quantitative estimate of drug-likeness (QED) is 0.357. The molecule has 8 heteroatoms. The minimum atomic E-state index is -0.585. The normalized spacial score (nSPS) is 13.8. The number of alkyl carbamates (subject to hydrolysis) is 1. The molecule has 2 heterocycles. The van der Waals surface area contributed by atoms with Crippen LogP contribution in [0.5, 0.6) is 5.75 Å². The lowest BCUT2D eigenvalue weighted by Gasteiger charge is -2.26. The van der Waals surface area contributed by atoms with E-state index in [0.717, 1.165) is 56.2 Å². The Balaban J connectivity index is 1.21. The van der Waals surface area contributed by atoms with Crippen LogP contribution in [0.25, 0.3) is 16.5 Å². The van der Waals surface area contributed by atoms with Crippen molar-refractivity contribution >= 4 is 28.7 Å². The van der Waals surface area contributed by atoms with Gasteiger partial charge >= 0.3 is 12.2 Å². The smallest absolute Gasteiger partial charge is 0.412 e. The van der Waals surface area contributed by atoms with Crippen LogP contribution < -0.4 is 15.4 Å². The van der Waals surface area contributed by atoms with Gasteiger partial charge in [-0.05, 0) is 67.1 Å². The molecule has 0 aliphatic carbocycles. The van der Waals surface area contributed by atoms with E-state index in [2.05, 4.69) is 56.9 Å². The summed E-state index contributed by atoms with van der Waals surface area (Å²) in [6.07, 6.45) is 7.58. The van der Waals surface area contributed by atoms with Gasteiger partial charge in [-0.3, -0.25) is 4.90 Å². The molecule has 0 saturated heterocycles. The lowest BCUT2D eigenvalue weighted by Crippen LogP contribution is -2.31. The van der Waals surface area contributed by atoms with E-state index >= 15 is 0 Å². The monoisotopic (exact) mass is 490 g/mol. The van der Waals surface area contributed by atoms with E-state index in [-0.39, 0.29) is 13.2 Å². The van der Waals surface area contributed by atoms with Gasteiger partial charge in [0.25, 0.3) is 0 Å². The molecular weight excluding hydrogens is 456 g/mol. The minimum Gasteiger partial charge on any atom is -0.448 e. The Morgan fingerprint density at radius 3 is 2.72 bits per heavy atom. The SMILES string of the molecule is CNC(=O)OCCNC(=O)Oc1ccc2[nH]cc(CCCCN3CC=C(c4ccccc4)CC3)c2c1. The molecule has 1 aliphatic rings. The standard InChI is InChI=1S/C28H34N4O4/c1-29-27(33)35-18-14-30-28(34)36-24-10-11-26-25(19-24)23(20-31-26)9-5-6-15-32-16-12-22(13-17-32)21-7-3-2-4-8-21/h2-4,7-8,10-12,19-20,31H,5-6,9,13-18H2,1H3,(H,29,33)(H,30,34). The number of aromatic amines is 1. The van der Waals surface area contributed by atoms with Gasteiger partial charge in [0.15, 0.2) is 0 Å². The summed E-state index contributed by atoms with van der Waals surface area (Å²) < 4.78 is 10.2. The van der Waals surface area contributed by atoms with Crippen molar-refractivity contribution in [2.24, 2.45) is 0 Å². The molecule has 0 radical (unpaired) electrons. The van der Waals surface area contributed by atoms with Gasteiger partial charge in [-0.1, -0.05) is 36.4 Å². The third kappa shape index (κ3) is 7.11. The van der Waals surface area contributed by atoms with Crippen LogP contribution in [0.1, 0.15) is 30.4 Å². The fourth-order valence-electron chi connectivity index (χ4n) is 4.42. The Kier molecular flexibility index (Phi) is 8.99. The highest BCUT2D eigenvalue weighted by atomic mass is 16.6. The highest BCUT2D eigenvalue weighted by Crippen LogP contribution is 2.26. The van der Waals surface area contributed by atoms with Crippen LogP contribution in [0.3, 0.4) is 0 Å². The number of amides is 2. The molecule has 8 nitrogen and oxygen atoms in total. The Labute approximate surface area is 211 Å². The lowest BCUT2D eigenvalue weighted by molar-refractivity contribution is 0.146. The number of nitrogens with one attached hydrogen (secondary N) is 3.